The molecule has 0 saturated carbocycles. The van der Waals surface area contributed by atoms with E-state index < -0.39 is 0 Å². The summed E-state index contributed by atoms with van der Waals surface area (Å²) in [7, 11) is 4.11. The van der Waals surface area contributed by atoms with Crippen molar-refractivity contribution in [3.63, 3.8) is 0 Å². The third kappa shape index (κ3) is 2.29. The highest BCUT2D eigenvalue weighted by Gasteiger charge is 2.29. The maximum atomic E-state index is 6.53. The van der Waals surface area contributed by atoms with Crippen LogP contribution in [0.3, 0.4) is 0 Å². The number of hydrogen-bond acceptors (Lipinski definition) is 3. The first-order chi connectivity index (χ1) is 9.66. The van der Waals surface area contributed by atoms with Crippen LogP contribution in [-0.2, 0) is 6.42 Å². The van der Waals surface area contributed by atoms with Gasteiger partial charge < -0.3 is 10.6 Å². The van der Waals surface area contributed by atoms with Crippen LogP contribution in [0.5, 0.6) is 0 Å². The van der Waals surface area contributed by atoms with Crippen LogP contribution in [0.2, 0.25) is 0 Å². The van der Waals surface area contributed by atoms with Gasteiger partial charge in [-0.05, 0) is 42.2 Å². The maximum Gasteiger partial charge on any atom is 0.0485 e. The number of anilines is 1. The molecule has 1 aliphatic rings. The molecule has 1 heterocycles. The summed E-state index contributed by atoms with van der Waals surface area (Å²) in [6.07, 6.45) is 4.06. The van der Waals surface area contributed by atoms with Crippen LogP contribution in [0.1, 0.15) is 35.2 Å². The second-order valence-electron chi connectivity index (χ2n) is 5.71. The van der Waals surface area contributed by atoms with E-state index in [4.69, 9.17) is 5.73 Å². The van der Waals surface area contributed by atoms with Gasteiger partial charge in [-0.3, -0.25) is 4.98 Å². The highest BCUT2D eigenvalue weighted by atomic mass is 15.1. The average Bonchev–Trinajstić information content (AvgIpc) is 2.90. The molecule has 2 aromatic rings. The van der Waals surface area contributed by atoms with Gasteiger partial charge in [0.15, 0.2) is 0 Å². The van der Waals surface area contributed by atoms with E-state index in [0.717, 1.165) is 12.8 Å². The molecule has 0 saturated heterocycles. The van der Waals surface area contributed by atoms with Gasteiger partial charge in [-0.1, -0.05) is 18.2 Å². The molecule has 1 aromatic heterocycles. The monoisotopic (exact) mass is 267 g/mol. The lowest BCUT2D eigenvalue weighted by molar-refractivity contribution is 0.541. The largest absolute Gasteiger partial charge is 0.378 e. The van der Waals surface area contributed by atoms with Gasteiger partial charge in [0.1, 0.15) is 0 Å². The second-order valence-corrected chi connectivity index (χ2v) is 5.71. The van der Waals surface area contributed by atoms with Gasteiger partial charge in [0, 0.05) is 43.6 Å². The highest BCUT2D eigenvalue weighted by Crippen LogP contribution is 2.39. The number of rotatable bonds is 3. The van der Waals surface area contributed by atoms with Crippen molar-refractivity contribution in [1.29, 1.82) is 0 Å². The van der Waals surface area contributed by atoms with E-state index in [2.05, 4.69) is 54.3 Å². The van der Waals surface area contributed by atoms with Crippen molar-refractivity contribution >= 4 is 5.69 Å². The fraction of sp³-hybridized carbons (Fsp3) is 0.353. The van der Waals surface area contributed by atoms with Gasteiger partial charge in [-0.2, -0.15) is 0 Å². The van der Waals surface area contributed by atoms with Gasteiger partial charge >= 0.3 is 0 Å². The first-order valence-corrected chi connectivity index (χ1v) is 7.13. The predicted octanol–water partition coefficient (Wildman–Crippen LogP) is 2.88. The number of pyridine rings is 1. The van der Waals surface area contributed by atoms with Crippen LogP contribution >= 0.6 is 0 Å². The zero-order valence-corrected chi connectivity index (χ0v) is 12.1. The first-order valence-electron chi connectivity index (χ1n) is 7.13. The van der Waals surface area contributed by atoms with Crippen molar-refractivity contribution < 1.29 is 0 Å². The topological polar surface area (TPSA) is 42.1 Å². The molecule has 1 aliphatic carbocycles. The molecule has 2 unspecified atom stereocenters. The zero-order valence-electron chi connectivity index (χ0n) is 12.1. The number of nitrogens with zero attached hydrogens (tertiary/aromatic N) is 2. The van der Waals surface area contributed by atoms with E-state index in [1.165, 1.54) is 22.5 Å². The first kappa shape index (κ1) is 13.1. The third-order valence-electron chi connectivity index (χ3n) is 4.21. The summed E-state index contributed by atoms with van der Waals surface area (Å²) in [4.78, 5) is 6.66. The van der Waals surface area contributed by atoms with Crippen molar-refractivity contribution in [3.05, 3.63) is 59.4 Å². The van der Waals surface area contributed by atoms with Gasteiger partial charge in [-0.15, -0.1) is 0 Å². The van der Waals surface area contributed by atoms with Crippen molar-refractivity contribution in [2.45, 2.75) is 24.8 Å². The Morgan fingerprint density at radius 1 is 1.25 bits per heavy atom. The van der Waals surface area contributed by atoms with E-state index in [0.29, 0.717) is 5.92 Å². The fourth-order valence-electron chi connectivity index (χ4n) is 3.04. The molecule has 2 N–H and O–H groups in total. The van der Waals surface area contributed by atoms with Gasteiger partial charge in [0.2, 0.25) is 0 Å². The summed E-state index contributed by atoms with van der Waals surface area (Å²) in [5.74, 6) is 0.337. The SMILES string of the molecule is CN(C)c1cccc(C(N)C2CCc3cccnc32)c1. The van der Waals surface area contributed by atoms with Crippen LogP contribution in [0.15, 0.2) is 42.6 Å². The summed E-state index contributed by atoms with van der Waals surface area (Å²) < 4.78 is 0. The van der Waals surface area contributed by atoms with Crippen LogP contribution in [0, 0.1) is 0 Å². The highest BCUT2D eigenvalue weighted by molar-refractivity contribution is 5.48. The van der Waals surface area contributed by atoms with E-state index in [9.17, 15) is 0 Å². The zero-order chi connectivity index (χ0) is 14.1. The Bertz CT molecular complexity index is 607. The van der Waals surface area contributed by atoms with Crippen LogP contribution < -0.4 is 10.6 Å². The molecule has 0 bridgehead atoms. The average molecular weight is 267 g/mol. The number of nitrogens with two attached hydrogens (primary N) is 1. The Balaban J connectivity index is 1.90. The molecule has 3 nitrogen and oxygen atoms in total. The minimum atomic E-state index is 0.0195. The molecule has 3 rings (SSSR count). The number of aromatic nitrogens is 1. The molecule has 0 fully saturated rings. The number of benzene rings is 1. The standard InChI is InChI=1S/C17H21N3/c1-20(2)14-7-3-5-13(11-14)16(18)15-9-8-12-6-4-10-19-17(12)15/h3-7,10-11,15-16H,8-9,18H2,1-2H3. The lowest BCUT2D eigenvalue weighted by atomic mass is 9.91. The third-order valence-corrected chi connectivity index (χ3v) is 4.21. The molecule has 1 aromatic carbocycles. The number of aryl methyl sites for hydroxylation is 1. The Labute approximate surface area is 120 Å². The van der Waals surface area contributed by atoms with Crippen molar-refractivity contribution in [1.82, 2.24) is 4.98 Å². The van der Waals surface area contributed by atoms with E-state index >= 15 is 0 Å². The van der Waals surface area contributed by atoms with Crippen molar-refractivity contribution in [2.24, 2.45) is 5.73 Å². The summed E-state index contributed by atoms with van der Waals surface area (Å²) in [6, 6.07) is 12.7. The van der Waals surface area contributed by atoms with Gasteiger partial charge in [-0.25, -0.2) is 0 Å². The molecule has 104 valence electrons. The summed E-state index contributed by atoms with van der Waals surface area (Å²) in [5.41, 5.74) is 11.5. The summed E-state index contributed by atoms with van der Waals surface area (Å²) in [5, 5.41) is 0. The van der Waals surface area contributed by atoms with Crippen molar-refractivity contribution in [2.75, 3.05) is 19.0 Å². The lowest BCUT2D eigenvalue weighted by Gasteiger charge is -2.22. The minimum Gasteiger partial charge on any atom is -0.378 e. The smallest absolute Gasteiger partial charge is 0.0485 e. The summed E-state index contributed by atoms with van der Waals surface area (Å²) in [6.45, 7) is 0. The number of fused-ring (bicyclic) bond motifs is 1. The Morgan fingerprint density at radius 2 is 2.10 bits per heavy atom. The molecule has 2 atom stereocenters. The minimum absolute atomic E-state index is 0.0195. The fourth-order valence-corrected chi connectivity index (χ4v) is 3.04. The quantitative estimate of drug-likeness (QED) is 0.929. The van der Waals surface area contributed by atoms with Crippen LogP contribution in [0.4, 0.5) is 5.69 Å². The van der Waals surface area contributed by atoms with Gasteiger partial charge in [0.25, 0.3) is 0 Å². The predicted molar refractivity (Wildman–Crippen MR) is 83.0 cm³/mol. The van der Waals surface area contributed by atoms with Crippen molar-refractivity contribution in [3.8, 4) is 0 Å². The molecule has 0 aliphatic heterocycles. The summed E-state index contributed by atoms with van der Waals surface area (Å²) >= 11 is 0. The van der Waals surface area contributed by atoms with Crippen LogP contribution in [0.25, 0.3) is 0 Å². The normalized spacial score (nSPS) is 18.6. The second kappa shape index (κ2) is 5.25. The molecular weight excluding hydrogens is 246 g/mol. The lowest BCUT2D eigenvalue weighted by Crippen LogP contribution is -2.19. The number of hydrogen-bond donors (Lipinski definition) is 1. The van der Waals surface area contributed by atoms with E-state index in [-0.39, 0.29) is 6.04 Å². The Hall–Kier alpha value is -1.87. The van der Waals surface area contributed by atoms with Crippen LogP contribution in [-0.4, -0.2) is 19.1 Å². The molecule has 0 radical (unpaired) electrons. The van der Waals surface area contributed by atoms with Gasteiger partial charge in [0.05, 0.1) is 0 Å². The maximum absolute atomic E-state index is 6.53. The molecule has 3 heteroatoms. The van der Waals surface area contributed by atoms with E-state index in [1.54, 1.807) is 0 Å². The van der Waals surface area contributed by atoms with E-state index in [1.807, 2.05) is 12.3 Å². The molecule has 0 spiro atoms. The molecular formula is C17H21N3. The Morgan fingerprint density at radius 3 is 2.90 bits per heavy atom. The molecule has 20 heavy (non-hydrogen) atoms. The molecule has 0 amide bonds. The Kier molecular flexibility index (Phi) is 3.45.